The lowest BCUT2D eigenvalue weighted by Gasteiger charge is -2.12. The number of anilines is 1. The van der Waals surface area contributed by atoms with Gasteiger partial charge in [0.25, 0.3) is 5.91 Å². The Labute approximate surface area is 167 Å². The van der Waals surface area contributed by atoms with Crippen LogP contribution >= 0.6 is 11.3 Å². The second-order valence-electron chi connectivity index (χ2n) is 6.55. The van der Waals surface area contributed by atoms with Crippen molar-refractivity contribution in [1.82, 2.24) is 0 Å². The number of hydrogen-bond donors (Lipinski definition) is 1. The minimum Gasteiger partial charge on any atom is -0.495 e. The number of carbonyl (C=O) groups is 1. The molecule has 0 bridgehead atoms. The van der Waals surface area contributed by atoms with Gasteiger partial charge in [0.05, 0.1) is 27.5 Å². The summed E-state index contributed by atoms with van der Waals surface area (Å²) in [7, 11) is -2.21. The molecule has 5 nitrogen and oxygen atoms in total. The van der Waals surface area contributed by atoms with Gasteiger partial charge in [-0.25, -0.2) is 8.42 Å². The number of methoxy groups -OCH3 is 1. The van der Waals surface area contributed by atoms with Crippen LogP contribution in [0.4, 0.5) is 5.69 Å². The van der Waals surface area contributed by atoms with Crippen molar-refractivity contribution in [3.63, 3.8) is 0 Å². The van der Waals surface area contributed by atoms with E-state index in [4.69, 9.17) is 4.74 Å². The fraction of sp³-hybridized carbons (Fsp3) is 0.190. The Morgan fingerprint density at radius 1 is 1.04 bits per heavy atom. The van der Waals surface area contributed by atoms with Crippen LogP contribution in [0.3, 0.4) is 0 Å². The van der Waals surface area contributed by atoms with Gasteiger partial charge in [-0.15, -0.1) is 11.3 Å². The molecule has 0 radical (unpaired) electrons. The predicted molar refractivity (Wildman–Crippen MR) is 109 cm³/mol. The van der Waals surface area contributed by atoms with Crippen LogP contribution in [-0.4, -0.2) is 21.4 Å². The number of sulfone groups is 1. The lowest BCUT2D eigenvalue weighted by Crippen LogP contribution is -2.12. The van der Waals surface area contributed by atoms with Gasteiger partial charge in [0, 0.05) is 4.88 Å². The van der Waals surface area contributed by atoms with E-state index < -0.39 is 9.84 Å². The predicted octanol–water partition coefficient (Wildman–Crippen LogP) is 4.33. The zero-order valence-electron chi connectivity index (χ0n) is 15.3. The van der Waals surface area contributed by atoms with Crippen molar-refractivity contribution in [2.75, 3.05) is 12.4 Å². The van der Waals surface area contributed by atoms with Crippen LogP contribution in [0.25, 0.3) is 0 Å². The average Bonchev–Trinajstić information content (AvgIpc) is 3.31. The molecule has 0 fully saturated rings. The third kappa shape index (κ3) is 3.43. The Bertz CT molecular complexity index is 1110. The number of nitrogens with one attached hydrogen (secondary N) is 1. The normalized spacial score (nSPS) is 13.2. The van der Waals surface area contributed by atoms with E-state index >= 15 is 0 Å². The largest absolute Gasteiger partial charge is 0.495 e. The number of amides is 1. The van der Waals surface area contributed by atoms with E-state index in [1.807, 2.05) is 6.07 Å². The summed E-state index contributed by atoms with van der Waals surface area (Å²) in [6.07, 6.45) is 3.16. The zero-order valence-corrected chi connectivity index (χ0v) is 16.9. The van der Waals surface area contributed by atoms with Gasteiger partial charge in [-0.2, -0.15) is 0 Å². The number of benzene rings is 2. The van der Waals surface area contributed by atoms with Crippen molar-refractivity contribution in [3.05, 3.63) is 69.9 Å². The number of rotatable bonds is 5. The maximum absolute atomic E-state index is 12.9. The van der Waals surface area contributed by atoms with Crippen molar-refractivity contribution in [2.24, 2.45) is 0 Å². The van der Waals surface area contributed by atoms with Crippen LogP contribution in [0.1, 0.15) is 26.5 Å². The highest BCUT2D eigenvalue weighted by atomic mass is 32.2. The van der Waals surface area contributed by atoms with E-state index in [0.29, 0.717) is 16.3 Å². The molecular weight excluding hydrogens is 394 g/mol. The molecule has 0 atom stereocenters. The zero-order chi connectivity index (χ0) is 19.7. The lowest BCUT2D eigenvalue weighted by atomic mass is 10.2. The molecule has 1 heterocycles. The molecule has 2 aromatic carbocycles. The van der Waals surface area contributed by atoms with E-state index in [1.165, 1.54) is 41.0 Å². The van der Waals surface area contributed by atoms with Crippen LogP contribution in [-0.2, 0) is 22.7 Å². The van der Waals surface area contributed by atoms with Crippen molar-refractivity contribution in [1.29, 1.82) is 0 Å². The first kappa shape index (κ1) is 18.7. The summed E-state index contributed by atoms with van der Waals surface area (Å²) in [5.41, 5.74) is 1.57. The fourth-order valence-corrected chi connectivity index (χ4v) is 5.77. The summed E-state index contributed by atoms with van der Waals surface area (Å²) in [6.45, 7) is 0. The molecular formula is C21H19NO4S2. The van der Waals surface area contributed by atoms with Crippen molar-refractivity contribution in [2.45, 2.75) is 29.1 Å². The smallest absolute Gasteiger partial charge is 0.265 e. The molecule has 0 spiro atoms. The van der Waals surface area contributed by atoms with E-state index in [-0.39, 0.29) is 15.7 Å². The van der Waals surface area contributed by atoms with E-state index in [2.05, 4.69) is 5.32 Å². The van der Waals surface area contributed by atoms with Gasteiger partial charge >= 0.3 is 0 Å². The Hall–Kier alpha value is -2.64. The number of carbonyl (C=O) groups excluding carboxylic acids is 1. The molecule has 1 aromatic heterocycles. The van der Waals surface area contributed by atoms with E-state index in [1.54, 1.807) is 36.4 Å². The van der Waals surface area contributed by atoms with Gasteiger partial charge in [-0.1, -0.05) is 18.2 Å². The molecule has 0 unspecified atom stereocenters. The minimum atomic E-state index is -3.69. The second kappa shape index (κ2) is 7.41. The Kier molecular flexibility index (Phi) is 4.95. The number of aryl methyl sites for hydroxylation is 2. The number of hydrogen-bond acceptors (Lipinski definition) is 5. The third-order valence-corrected chi connectivity index (χ3v) is 7.76. The summed E-state index contributed by atoms with van der Waals surface area (Å²) in [6, 6.07) is 14.6. The summed E-state index contributed by atoms with van der Waals surface area (Å²) >= 11 is 1.50. The van der Waals surface area contributed by atoms with Crippen LogP contribution in [0.15, 0.2) is 64.4 Å². The van der Waals surface area contributed by atoms with Crippen LogP contribution in [0, 0.1) is 0 Å². The second-order valence-corrected chi connectivity index (χ2v) is 9.63. The Morgan fingerprint density at radius 2 is 1.82 bits per heavy atom. The van der Waals surface area contributed by atoms with Gasteiger partial charge in [-0.3, -0.25) is 4.79 Å². The molecule has 0 saturated carbocycles. The van der Waals surface area contributed by atoms with Crippen LogP contribution < -0.4 is 10.1 Å². The minimum absolute atomic E-state index is 0.100. The molecule has 4 rings (SSSR count). The molecule has 28 heavy (non-hydrogen) atoms. The summed E-state index contributed by atoms with van der Waals surface area (Å²) in [5, 5.41) is 2.81. The Balaban J connectivity index is 1.66. The Morgan fingerprint density at radius 3 is 2.54 bits per heavy atom. The first-order valence-electron chi connectivity index (χ1n) is 8.90. The number of ether oxygens (including phenoxy) is 1. The first-order valence-corrected chi connectivity index (χ1v) is 11.2. The molecule has 0 saturated heterocycles. The van der Waals surface area contributed by atoms with Gasteiger partial charge in [0.1, 0.15) is 5.75 Å². The summed E-state index contributed by atoms with van der Waals surface area (Å²) in [4.78, 5) is 14.9. The van der Waals surface area contributed by atoms with Crippen molar-refractivity contribution < 1.29 is 17.9 Å². The van der Waals surface area contributed by atoms with Gasteiger partial charge in [-0.05, 0) is 61.2 Å². The molecule has 3 aromatic rings. The monoisotopic (exact) mass is 413 g/mol. The maximum atomic E-state index is 12.9. The summed E-state index contributed by atoms with van der Waals surface area (Å²) < 4.78 is 31.1. The van der Waals surface area contributed by atoms with Gasteiger partial charge in [0.2, 0.25) is 9.84 Å². The van der Waals surface area contributed by atoms with Crippen LogP contribution in [0.2, 0.25) is 0 Å². The topological polar surface area (TPSA) is 72.5 Å². The molecule has 1 aliphatic rings. The van der Waals surface area contributed by atoms with Gasteiger partial charge < -0.3 is 10.1 Å². The molecule has 144 valence electrons. The van der Waals surface area contributed by atoms with E-state index in [0.717, 1.165) is 19.3 Å². The van der Waals surface area contributed by atoms with Crippen molar-refractivity contribution in [3.8, 4) is 5.75 Å². The highest BCUT2D eigenvalue weighted by Crippen LogP contribution is 2.33. The number of thiophene rings is 1. The quantitative estimate of drug-likeness (QED) is 0.676. The maximum Gasteiger partial charge on any atom is 0.265 e. The lowest BCUT2D eigenvalue weighted by molar-refractivity contribution is 0.103. The molecule has 1 N–H and O–H groups in total. The average molecular weight is 414 g/mol. The fourth-order valence-electron chi connectivity index (χ4n) is 3.31. The molecule has 7 heteroatoms. The standard InChI is InChI=1S/C21H19NO4S2/c1-26-18-11-10-16(28(24,25)15-7-3-2-4-8-15)13-17(18)22-21(23)20-12-14-6-5-9-19(14)27-20/h2-4,7-8,10-13H,5-6,9H2,1H3,(H,22,23). The van der Waals surface area contributed by atoms with Gasteiger partial charge in [0.15, 0.2) is 0 Å². The highest BCUT2D eigenvalue weighted by Gasteiger charge is 2.22. The highest BCUT2D eigenvalue weighted by molar-refractivity contribution is 7.91. The molecule has 0 aliphatic heterocycles. The number of fused-ring (bicyclic) bond motifs is 1. The molecule has 1 aliphatic carbocycles. The first-order chi connectivity index (χ1) is 13.5. The van der Waals surface area contributed by atoms with Crippen molar-refractivity contribution >= 4 is 32.8 Å². The van der Waals surface area contributed by atoms with E-state index in [9.17, 15) is 13.2 Å². The third-order valence-electron chi connectivity index (χ3n) is 4.75. The SMILES string of the molecule is COc1ccc(S(=O)(=O)c2ccccc2)cc1NC(=O)c1cc2c(s1)CCC2. The van der Waals surface area contributed by atoms with Crippen LogP contribution in [0.5, 0.6) is 5.75 Å². The summed E-state index contributed by atoms with van der Waals surface area (Å²) in [5.74, 6) is 0.149. The molecule has 1 amide bonds.